The van der Waals surface area contributed by atoms with Crippen LogP contribution in [0.3, 0.4) is 0 Å². The van der Waals surface area contributed by atoms with Gasteiger partial charge in [-0.2, -0.15) is 12.1 Å². The summed E-state index contributed by atoms with van der Waals surface area (Å²) < 4.78 is 0. The second kappa shape index (κ2) is 18.5. The molecule has 8 aromatic carbocycles. The van der Waals surface area contributed by atoms with Crippen LogP contribution in [-0.2, 0) is 23.3 Å². The Morgan fingerprint density at radius 3 is 1.14 bits per heavy atom. The van der Waals surface area contributed by atoms with Crippen molar-refractivity contribution in [3.8, 4) is 22.3 Å². The van der Waals surface area contributed by atoms with Gasteiger partial charge in [-0.1, -0.05) is 97.8 Å². The number of hydrogen-bond donors (Lipinski definition) is 0. The zero-order valence-corrected chi connectivity index (χ0v) is 33.9. The zero-order chi connectivity index (χ0) is 33.5. The molecule has 8 aromatic rings. The molecule has 0 N–H and O–H groups in total. The van der Waals surface area contributed by atoms with E-state index in [2.05, 4.69) is 198 Å². The summed E-state index contributed by atoms with van der Waals surface area (Å²) in [5.41, 5.74) is 10.1. The quantitative estimate of drug-likeness (QED) is 0.174. The van der Waals surface area contributed by atoms with E-state index >= 15 is 0 Å². The first-order valence-electron chi connectivity index (χ1n) is 16.5. The summed E-state index contributed by atoms with van der Waals surface area (Å²) in [4.78, 5) is 0. The third-order valence-corrected chi connectivity index (χ3v) is 14.7. The molecule has 0 aliphatic carbocycles. The number of benzene rings is 6. The Labute approximate surface area is 325 Å². The van der Waals surface area contributed by atoms with E-state index in [1.165, 1.54) is 76.4 Å². The van der Waals surface area contributed by atoms with Crippen molar-refractivity contribution in [1.82, 2.24) is 0 Å². The Balaban J connectivity index is 0.000000165. The number of aryl methyl sites for hydroxylation is 4. The predicted octanol–water partition coefficient (Wildman–Crippen LogP) is 5.03. The average Bonchev–Trinajstić information content (AvgIpc) is 3.70. The molecule has 50 heavy (non-hydrogen) atoms. The van der Waals surface area contributed by atoms with Crippen molar-refractivity contribution in [2.24, 2.45) is 0 Å². The second-order valence-electron chi connectivity index (χ2n) is 12.5. The van der Waals surface area contributed by atoms with E-state index in [0.29, 0.717) is 0 Å². The van der Waals surface area contributed by atoms with E-state index < -0.39 is 5.43 Å². The van der Waals surface area contributed by atoms with E-state index in [1.807, 2.05) is 0 Å². The predicted molar refractivity (Wildman–Crippen MR) is 207 cm³/mol. The van der Waals surface area contributed by atoms with Gasteiger partial charge in [-0.15, -0.1) is 69.1 Å². The number of halogens is 2. The molecule has 0 atom stereocenters. The summed E-state index contributed by atoms with van der Waals surface area (Å²) in [5.74, 6) is 0. The van der Waals surface area contributed by atoms with Gasteiger partial charge in [0.2, 0.25) is 0 Å². The van der Waals surface area contributed by atoms with Gasteiger partial charge in [-0.3, -0.25) is 0 Å². The third kappa shape index (κ3) is 9.71. The number of hydrogen-bond acceptors (Lipinski definition) is 0. The molecule has 0 heterocycles. The van der Waals surface area contributed by atoms with Crippen LogP contribution >= 0.6 is 0 Å². The largest absolute Gasteiger partial charge is 1.00 e. The smallest absolute Gasteiger partial charge is 1.00 e. The summed E-state index contributed by atoms with van der Waals surface area (Å²) in [6.45, 7) is 8.58. The zero-order valence-electron chi connectivity index (χ0n) is 28.9. The Morgan fingerprint density at radius 2 is 0.780 bits per heavy atom. The van der Waals surface area contributed by atoms with Gasteiger partial charge in [-0.25, -0.2) is 0 Å². The molecule has 0 aliphatic heterocycles. The molecule has 0 aliphatic rings. The Hall–Kier alpha value is -3.78. The summed E-state index contributed by atoms with van der Waals surface area (Å²) in [6.07, 6.45) is 0. The SMILES string of the molecule is Cc1cc2c(-c3ccccc3)cccc2[cH-]1.Cc1cc2c(-c3ccccc3)cccc2[cH-]1.Cc1ccc([Si](=[Zr+2])c2ccc(C)cc2)cc1.[Cl-].[Cl-]. The van der Waals surface area contributed by atoms with Crippen LogP contribution in [0.4, 0.5) is 0 Å². The first kappa shape index (κ1) is 39.0. The molecule has 0 radical (unpaired) electrons. The van der Waals surface area contributed by atoms with E-state index in [9.17, 15) is 0 Å². The van der Waals surface area contributed by atoms with E-state index in [1.54, 1.807) is 23.3 Å². The van der Waals surface area contributed by atoms with Gasteiger partial charge < -0.3 is 24.8 Å². The van der Waals surface area contributed by atoms with Crippen LogP contribution < -0.4 is 35.2 Å². The van der Waals surface area contributed by atoms with Gasteiger partial charge in [0.25, 0.3) is 0 Å². The average molecular weight is 783 g/mol. The molecule has 0 amide bonds. The molecule has 0 aromatic heterocycles. The van der Waals surface area contributed by atoms with Crippen molar-refractivity contribution in [3.05, 3.63) is 192 Å². The second-order valence-corrected chi connectivity index (χ2v) is 18.1. The van der Waals surface area contributed by atoms with Crippen molar-refractivity contribution in [2.75, 3.05) is 0 Å². The maximum absolute atomic E-state index is 2.29. The third-order valence-electron chi connectivity index (χ3n) is 8.64. The molecule has 0 saturated heterocycles. The van der Waals surface area contributed by atoms with Crippen molar-refractivity contribution in [2.45, 2.75) is 27.7 Å². The van der Waals surface area contributed by atoms with Crippen molar-refractivity contribution < 1.29 is 48.1 Å². The van der Waals surface area contributed by atoms with Gasteiger partial charge in [-0.05, 0) is 11.1 Å². The monoisotopic (exact) mass is 780 g/mol. The molecule has 0 saturated carbocycles. The fourth-order valence-corrected chi connectivity index (χ4v) is 9.91. The minimum Gasteiger partial charge on any atom is -1.00 e. The fraction of sp³-hybridized carbons (Fsp3) is 0.0870. The Bertz CT molecular complexity index is 2100. The Morgan fingerprint density at radius 1 is 0.420 bits per heavy atom. The molecule has 0 unspecified atom stereocenters. The van der Waals surface area contributed by atoms with Crippen molar-refractivity contribution >= 4 is 37.4 Å². The summed E-state index contributed by atoms with van der Waals surface area (Å²) in [6, 6.07) is 61.1. The molecule has 4 heteroatoms. The van der Waals surface area contributed by atoms with E-state index in [4.69, 9.17) is 0 Å². The molecule has 0 nitrogen and oxygen atoms in total. The van der Waals surface area contributed by atoms with Crippen LogP contribution in [0.2, 0.25) is 0 Å². The molecule has 248 valence electrons. The molecular formula is C46H40Cl2SiZr-2. The van der Waals surface area contributed by atoms with Crippen LogP contribution in [0.15, 0.2) is 170 Å². The number of rotatable bonds is 4. The standard InChI is InChI=1S/2C16H13.C14H14Si.2ClH.Zr/c2*1-12-10-14-8-5-9-15(16(14)11-12)13-6-3-2-4-7-13;1-11-3-7-13(8-4-11)15-14-9-5-12(2)6-10-14;;;/h2*2-11H,1H3;3-10H,1-2H3;2*1H;/q2*-1;;;;+2/p-2. The van der Waals surface area contributed by atoms with Crippen LogP contribution in [-0.4, -0.2) is 5.43 Å². The van der Waals surface area contributed by atoms with Gasteiger partial charge in [0.15, 0.2) is 0 Å². The maximum atomic E-state index is 2.29. The topological polar surface area (TPSA) is 0 Å². The van der Waals surface area contributed by atoms with Crippen molar-refractivity contribution in [1.29, 1.82) is 0 Å². The van der Waals surface area contributed by atoms with Crippen LogP contribution in [0.5, 0.6) is 0 Å². The molecular weight excluding hydrogens is 743 g/mol. The maximum Gasteiger partial charge on any atom is -1.00 e. The molecule has 0 fully saturated rings. The summed E-state index contributed by atoms with van der Waals surface area (Å²) in [7, 11) is 0. The van der Waals surface area contributed by atoms with Gasteiger partial charge in [0.1, 0.15) is 0 Å². The first-order chi connectivity index (χ1) is 23.4. The number of fused-ring (bicyclic) bond motifs is 2. The van der Waals surface area contributed by atoms with Crippen molar-refractivity contribution in [3.63, 3.8) is 0 Å². The minimum absolute atomic E-state index is 0. The van der Waals surface area contributed by atoms with Gasteiger partial charge in [0.05, 0.1) is 0 Å². The van der Waals surface area contributed by atoms with Gasteiger partial charge >= 0.3 is 113 Å². The minimum atomic E-state index is -0.488. The summed E-state index contributed by atoms with van der Waals surface area (Å²) in [5, 5.41) is 8.42. The van der Waals surface area contributed by atoms with E-state index in [0.717, 1.165) is 0 Å². The summed E-state index contributed by atoms with van der Waals surface area (Å²) >= 11 is 1.65. The molecule has 0 bridgehead atoms. The first-order valence-corrected chi connectivity index (χ1v) is 21.7. The Kier molecular flexibility index (Phi) is 14.4. The molecule has 0 spiro atoms. The van der Waals surface area contributed by atoms with Crippen LogP contribution in [0, 0.1) is 27.7 Å². The van der Waals surface area contributed by atoms with Crippen LogP contribution in [0.1, 0.15) is 22.3 Å². The van der Waals surface area contributed by atoms with E-state index in [-0.39, 0.29) is 24.8 Å². The normalized spacial score (nSPS) is 10.2. The molecule has 8 rings (SSSR count). The van der Waals surface area contributed by atoms with Crippen LogP contribution in [0.25, 0.3) is 43.8 Å². The fourth-order valence-electron chi connectivity index (χ4n) is 6.12. The van der Waals surface area contributed by atoms with Gasteiger partial charge in [0, 0.05) is 0 Å².